The van der Waals surface area contributed by atoms with Gasteiger partial charge in [0.15, 0.2) is 0 Å². The third-order valence-electron chi connectivity index (χ3n) is 5.89. The first-order valence-electron chi connectivity index (χ1n) is 12.8. The Bertz CT molecular complexity index is 1090. The quantitative estimate of drug-likeness (QED) is 0.331. The largest absolute Gasteiger partial charge is 0.494 e. The highest BCUT2D eigenvalue weighted by molar-refractivity contribution is 7.95. The van der Waals surface area contributed by atoms with Crippen molar-refractivity contribution in [3.63, 3.8) is 0 Å². The molecular weight excluding hydrogens is 457 g/mol. The summed E-state index contributed by atoms with van der Waals surface area (Å²) in [6.45, 7) is 12.9. The van der Waals surface area contributed by atoms with Crippen LogP contribution in [0.15, 0.2) is 65.6 Å². The van der Waals surface area contributed by atoms with Crippen LogP contribution in [0.5, 0.6) is 11.5 Å². The number of hydrogen-bond donors (Lipinski definition) is 0. The summed E-state index contributed by atoms with van der Waals surface area (Å²) in [7, 11) is 0. The van der Waals surface area contributed by atoms with E-state index in [1.165, 1.54) is 52.9 Å². The number of ether oxygens (including phenoxy) is 1. The van der Waals surface area contributed by atoms with Crippen LogP contribution in [-0.4, -0.2) is 18.1 Å². The van der Waals surface area contributed by atoms with Crippen molar-refractivity contribution in [1.29, 1.82) is 0 Å². The van der Waals surface area contributed by atoms with Crippen molar-refractivity contribution in [2.24, 2.45) is 0 Å². The molecule has 0 radical (unpaired) electrons. The maximum atomic E-state index is 13.4. The molecule has 2 heterocycles. The van der Waals surface area contributed by atoms with Gasteiger partial charge >= 0.3 is 0 Å². The molecule has 1 unspecified atom stereocenters. The minimum Gasteiger partial charge on any atom is -0.494 e. The summed E-state index contributed by atoms with van der Waals surface area (Å²) in [4.78, 5) is 3.32. The minimum absolute atomic E-state index is 0.251. The Balaban J connectivity index is 0.000000638. The molecule has 1 atom stereocenters. The topological polar surface area (TPSA) is 21.7 Å². The Labute approximate surface area is 214 Å². The maximum absolute atomic E-state index is 13.4. The van der Waals surface area contributed by atoms with Gasteiger partial charge in [0, 0.05) is 19.1 Å². The predicted molar refractivity (Wildman–Crippen MR) is 145 cm³/mol. The second-order valence-electron chi connectivity index (χ2n) is 8.50. The number of nitrogens with zero attached hydrogens (tertiary/aromatic N) is 1. The molecular formula is C30H38FNO2S. The number of fused-ring (bicyclic) bond motifs is 4. The molecule has 3 nitrogen and oxygen atoms in total. The fourth-order valence-electron chi connectivity index (χ4n) is 4.47. The van der Waals surface area contributed by atoms with E-state index in [1.807, 2.05) is 32.9 Å². The Kier molecular flexibility index (Phi) is 10.5. The lowest BCUT2D eigenvalue weighted by Gasteiger charge is -2.41. The third-order valence-corrected chi connectivity index (χ3v) is 6.61. The lowest BCUT2D eigenvalue weighted by Crippen LogP contribution is -2.39. The summed E-state index contributed by atoms with van der Waals surface area (Å²) < 4.78 is 24.9. The van der Waals surface area contributed by atoms with Gasteiger partial charge in [0.1, 0.15) is 17.3 Å². The molecule has 5 heteroatoms. The zero-order chi connectivity index (χ0) is 25.2. The van der Waals surface area contributed by atoms with Crippen LogP contribution in [0.1, 0.15) is 69.3 Å². The van der Waals surface area contributed by atoms with Crippen molar-refractivity contribution in [2.75, 3.05) is 13.2 Å². The molecule has 3 aromatic carbocycles. The van der Waals surface area contributed by atoms with Crippen molar-refractivity contribution < 1.29 is 13.3 Å². The van der Waals surface area contributed by atoms with E-state index in [-0.39, 0.29) is 5.82 Å². The van der Waals surface area contributed by atoms with Gasteiger partial charge < -0.3 is 8.92 Å². The first-order valence-corrected chi connectivity index (χ1v) is 13.6. The average molecular weight is 496 g/mol. The Morgan fingerprint density at radius 1 is 0.914 bits per heavy atom. The number of benzene rings is 3. The zero-order valence-electron chi connectivity index (χ0n) is 21.6. The van der Waals surface area contributed by atoms with Crippen LogP contribution in [0.4, 0.5) is 4.39 Å². The SMILES string of the molecule is CC.CCC.CCOc1ccc2c(c1)CCN1Cc3cc(OSc4cccc(F)c4)ccc3CC21. The normalized spacial score (nSPS) is 15.8. The first kappa shape index (κ1) is 27.1. The highest BCUT2D eigenvalue weighted by atomic mass is 32.2. The minimum atomic E-state index is -0.251. The van der Waals surface area contributed by atoms with E-state index < -0.39 is 0 Å². The molecule has 0 amide bonds. The highest BCUT2D eigenvalue weighted by Crippen LogP contribution is 2.40. The van der Waals surface area contributed by atoms with Crippen molar-refractivity contribution in [3.05, 3.63) is 88.7 Å². The molecule has 188 valence electrons. The van der Waals surface area contributed by atoms with Crippen LogP contribution in [0, 0.1) is 5.82 Å². The summed E-state index contributed by atoms with van der Waals surface area (Å²) in [5.74, 6) is 1.53. The average Bonchev–Trinajstić information content (AvgIpc) is 2.88. The lowest BCUT2D eigenvalue weighted by atomic mass is 9.84. The van der Waals surface area contributed by atoms with Gasteiger partial charge in [0.2, 0.25) is 0 Å². The maximum Gasteiger partial charge on any atom is 0.138 e. The van der Waals surface area contributed by atoms with Gasteiger partial charge in [0.05, 0.1) is 23.5 Å². The summed E-state index contributed by atoms with van der Waals surface area (Å²) in [5, 5.41) is 0. The second kappa shape index (κ2) is 13.6. The van der Waals surface area contributed by atoms with Gasteiger partial charge in [0.25, 0.3) is 0 Å². The number of rotatable bonds is 5. The Morgan fingerprint density at radius 2 is 1.66 bits per heavy atom. The number of hydrogen-bond acceptors (Lipinski definition) is 4. The monoisotopic (exact) mass is 495 g/mol. The van der Waals surface area contributed by atoms with Crippen molar-refractivity contribution in [2.45, 2.75) is 71.4 Å². The van der Waals surface area contributed by atoms with Crippen LogP contribution < -0.4 is 8.92 Å². The predicted octanol–water partition coefficient (Wildman–Crippen LogP) is 8.41. The Morgan fingerprint density at radius 3 is 2.40 bits per heavy atom. The molecule has 2 aliphatic rings. The fraction of sp³-hybridized carbons (Fsp3) is 0.400. The van der Waals surface area contributed by atoms with Gasteiger partial charge in [-0.05, 0) is 84.5 Å². The molecule has 0 spiro atoms. The second-order valence-corrected chi connectivity index (χ2v) is 9.30. The molecule has 5 rings (SSSR count). The fourth-order valence-corrected chi connectivity index (χ4v) is 5.06. The van der Waals surface area contributed by atoms with Gasteiger partial charge in [-0.3, -0.25) is 4.90 Å². The number of halogens is 1. The van der Waals surface area contributed by atoms with Crippen molar-refractivity contribution >= 4 is 12.0 Å². The van der Waals surface area contributed by atoms with Gasteiger partial charge in [-0.2, -0.15) is 0 Å². The van der Waals surface area contributed by atoms with E-state index >= 15 is 0 Å². The zero-order valence-corrected chi connectivity index (χ0v) is 22.5. The van der Waals surface area contributed by atoms with Gasteiger partial charge in [-0.15, -0.1) is 0 Å². The summed E-state index contributed by atoms with van der Waals surface area (Å²) in [5.41, 5.74) is 5.54. The van der Waals surface area contributed by atoms with E-state index in [0.29, 0.717) is 12.6 Å². The van der Waals surface area contributed by atoms with E-state index in [1.54, 1.807) is 6.07 Å². The molecule has 0 N–H and O–H groups in total. The standard InChI is InChI=1S/C25H24FNO2S.C3H8.C2H6/c1-2-28-21-8-9-24-18(12-21)10-11-27-16-19-13-22(7-6-17(19)14-25(24)27)29-30-23-5-3-4-20(26)15-23;1-3-2;1-2/h3-9,12-13,15,25H,2,10-11,14,16H2,1H3;3H2,1-2H3;1-2H3. The molecule has 0 saturated carbocycles. The van der Waals surface area contributed by atoms with Crippen LogP contribution >= 0.6 is 12.0 Å². The summed E-state index contributed by atoms with van der Waals surface area (Å²) in [6, 6.07) is 19.8. The highest BCUT2D eigenvalue weighted by Gasteiger charge is 2.32. The van der Waals surface area contributed by atoms with E-state index in [9.17, 15) is 4.39 Å². The molecule has 0 aromatic heterocycles. The Hall–Kier alpha value is -2.50. The van der Waals surface area contributed by atoms with E-state index in [4.69, 9.17) is 8.92 Å². The lowest BCUT2D eigenvalue weighted by molar-refractivity contribution is 0.160. The van der Waals surface area contributed by atoms with Crippen molar-refractivity contribution in [1.82, 2.24) is 4.90 Å². The molecule has 0 aliphatic carbocycles. The third kappa shape index (κ3) is 7.02. The summed E-state index contributed by atoms with van der Waals surface area (Å²) >= 11 is 1.19. The van der Waals surface area contributed by atoms with Crippen LogP contribution in [0.25, 0.3) is 0 Å². The molecule has 3 aromatic rings. The first-order chi connectivity index (χ1) is 17.1. The van der Waals surface area contributed by atoms with Crippen LogP contribution in [0.2, 0.25) is 0 Å². The van der Waals surface area contributed by atoms with Gasteiger partial charge in [-0.25, -0.2) is 4.39 Å². The molecule has 0 fully saturated rings. The molecule has 0 saturated heterocycles. The van der Waals surface area contributed by atoms with Gasteiger partial charge in [-0.1, -0.05) is 52.3 Å². The molecule has 35 heavy (non-hydrogen) atoms. The molecule has 2 aliphatic heterocycles. The smallest absolute Gasteiger partial charge is 0.138 e. The van der Waals surface area contributed by atoms with Crippen LogP contribution in [0.3, 0.4) is 0 Å². The van der Waals surface area contributed by atoms with E-state index in [2.05, 4.69) is 49.1 Å². The summed E-state index contributed by atoms with van der Waals surface area (Å²) in [6.07, 6.45) is 3.31. The molecule has 0 bridgehead atoms. The van der Waals surface area contributed by atoms with E-state index in [0.717, 1.165) is 42.3 Å². The van der Waals surface area contributed by atoms with Crippen LogP contribution in [-0.2, 0) is 19.4 Å². The van der Waals surface area contributed by atoms with Crippen molar-refractivity contribution in [3.8, 4) is 11.5 Å².